The van der Waals surface area contributed by atoms with E-state index in [0.29, 0.717) is 37.5 Å². The number of amides is 1. The Morgan fingerprint density at radius 3 is 2.37 bits per heavy atom. The van der Waals surface area contributed by atoms with Gasteiger partial charge < -0.3 is 18.9 Å². The lowest BCUT2D eigenvalue weighted by atomic mass is 10.1. The standard InChI is InChI=1S/C27H24N6O2/c1-19-28-24(31-11-5-6-12-31)18-25(29-19)32-13-15-33(16-14-32)27(34)21-9-10-23-22(17-21)26(35-30-23)20-7-3-2-4-8-20/h2-12,17-18H,13-16H2,1H3. The van der Waals surface area contributed by atoms with Crippen LogP contribution in [0.1, 0.15) is 16.2 Å². The van der Waals surface area contributed by atoms with E-state index in [9.17, 15) is 4.79 Å². The Morgan fingerprint density at radius 1 is 0.857 bits per heavy atom. The van der Waals surface area contributed by atoms with E-state index in [1.54, 1.807) is 0 Å². The van der Waals surface area contributed by atoms with Gasteiger partial charge in [-0.25, -0.2) is 9.97 Å². The highest BCUT2D eigenvalue weighted by Gasteiger charge is 2.24. The molecule has 1 amide bonds. The van der Waals surface area contributed by atoms with Gasteiger partial charge in [0.15, 0.2) is 5.76 Å². The fourth-order valence-corrected chi connectivity index (χ4v) is 4.51. The molecule has 0 radical (unpaired) electrons. The zero-order valence-electron chi connectivity index (χ0n) is 19.3. The number of rotatable bonds is 4. The van der Waals surface area contributed by atoms with Gasteiger partial charge >= 0.3 is 0 Å². The van der Waals surface area contributed by atoms with Crippen molar-refractivity contribution in [2.45, 2.75) is 6.92 Å². The number of aryl methyl sites for hydroxylation is 1. The molecule has 0 aliphatic carbocycles. The lowest BCUT2D eigenvalue weighted by molar-refractivity contribution is 0.0746. The largest absolute Gasteiger partial charge is 0.355 e. The maximum Gasteiger partial charge on any atom is 0.254 e. The number of nitrogens with zero attached hydrogens (tertiary/aromatic N) is 6. The molecule has 4 heterocycles. The molecule has 0 atom stereocenters. The van der Waals surface area contributed by atoms with E-state index in [2.05, 4.69) is 20.0 Å². The van der Waals surface area contributed by atoms with Crippen molar-refractivity contribution < 1.29 is 9.32 Å². The van der Waals surface area contributed by atoms with Crippen LogP contribution in [0.2, 0.25) is 0 Å². The van der Waals surface area contributed by atoms with Crippen molar-refractivity contribution in [3.05, 3.63) is 90.5 Å². The van der Waals surface area contributed by atoms with E-state index < -0.39 is 0 Å². The first kappa shape index (κ1) is 21.1. The molecule has 0 spiro atoms. The van der Waals surface area contributed by atoms with E-state index in [1.807, 2.05) is 95.5 Å². The molecule has 35 heavy (non-hydrogen) atoms. The summed E-state index contributed by atoms with van der Waals surface area (Å²) in [6, 6.07) is 21.3. The quantitative estimate of drug-likeness (QED) is 0.394. The molecule has 1 fully saturated rings. The first-order valence-corrected chi connectivity index (χ1v) is 11.6. The van der Waals surface area contributed by atoms with Crippen LogP contribution in [0.25, 0.3) is 28.0 Å². The average molecular weight is 465 g/mol. The SMILES string of the molecule is Cc1nc(N2CCN(C(=O)c3ccc4noc(-c5ccccc5)c4c3)CC2)cc(-n2cccc2)n1. The van der Waals surface area contributed by atoms with E-state index in [4.69, 9.17) is 4.52 Å². The minimum absolute atomic E-state index is 0.0126. The summed E-state index contributed by atoms with van der Waals surface area (Å²) in [6.45, 7) is 4.55. The predicted molar refractivity (Wildman–Crippen MR) is 134 cm³/mol. The molecule has 5 aromatic rings. The molecule has 8 nitrogen and oxygen atoms in total. The molecule has 0 bridgehead atoms. The first-order chi connectivity index (χ1) is 17.2. The van der Waals surface area contributed by atoms with Crippen LogP contribution in [0.4, 0.5) is 5.82 Å². The summed E-state index contributed by atoms with van der Waals surface area (Å²) in [6.07, 6.45) is 3.94. The summed E-state index contributed by atoms with van der Waals surface area (Å²) in [5.41, 5.74) is 2.31. The van der Waals surface area contributed by atoms with Gasteiger partial charge in [0.2, 0.25) is 0 Å². The Balaban J connectivity index is 1.20. The number of anilines is 1. The molecule has 8 heteroatoms. The van der Waals surface area contributed by atoms with Crippen LogP contribution in [0.5, 0.6) is 0 Å². The van der Waals surface area contributed by atoms with Crippen molar-refractivity contribution in [1.82, 2.24) is 24.6 Å². The van der Waals surface area contributed by atoms with Gasteiger partial charge in [-0.15, -0.1) is 0 Å². The number of benzene rings is 2. The molecule has 2 aromatic carbocycles. The Hall–Kier alpha value is -4.46. The number of hydrogen-bond donors (Lipinski definition) is 0. The highest BCUT2D eigenvalue weighted by Crippen LogP contribution is 2.29. The maximum absolute atomic E-state index is 13.3. The van der Waals surface area contributed by atoms with Gasteiger partial charge in [0.05, 0.1) is 5.39 Å². The second kappa shape index (κ2) is 8.72. The number of piperazine rings is 1. The lowest BCUT2D eigenvalue weighted by Crippen LogP contribution is -2.49. The average Bonchev–Trinajstić information content (AvgIpc) is 3.59. The van der Waals surface area contributed by atoms with Crippen LogP contribution in [0.3, 0.4) is 0 Å². The normalized spacial score (nSPS) is 14.0. The van der Waals surface area contributed by atoms with Gasteiger partial charge in [0.25, 0.3) is 5.91 Å². The third-order valence-electron chi connectivity index (χ3n) is 6.33. The highest BCUT2D eigenvalue weighted by molar-refractivity contribution is 6.01. The molecule has 0 unspecified atom stereocenters. The van der Waals surface area contributed by atoms with Gasteiger partial charge in [-0.2, -0.15) is 0 Å². The molecule has 6 rings (SSSR count). The van der Waals surface area contributed by atoms with Crippen molar-refractivity contribution in [3.8, 4) is 17.1 Å². The summed E-state index contributed by atoms with van der Waals surface area (Å²) in [4.78, 5) is 26.6. The minimum atomic E-state index is 0.0126. The number of carbonyl (C=O) groups excluding carboxylic acids is 1. The number of hydrogen-bond acceptors (Lipinski definition) is 6. The van der Waals surface area contributed by atoms with Crippen LogP contribution in [0, 0.1) is 6.92 Å². The van der Waals surface area contributed by atoms with Crippen molar-refractivity contribution in [2.24, 2.45) is 0 Å². The van der Waals surface area contributed by atoms with Gasteiger partial charge in [-0.1, -0.05) is 35.5 Å². The number of aromatic nitrogens is 4. The molecule has 174 valence electrons. The van der Waals surface area contributed by atoms with Gasteiger partial charge in [-0.05, 0) is 37.3 Å². The highest BCUT2D eigenvalue weighted by atomic mass is 16.5. The van der Waals surface area contributed by atoms with Gasteiger partial charge in [0.1, 0.15) is 23.0 Å². The fraction of sp³-hybridized carbons (Fsp3) is 0.185. The number of fused-ring (bicyclic) bond motifs is 1. The minimum Gasteiger partial charge on any atom is -0.355 e. The Kier molecular flexibility index (Phi) is 5.25. The molecule has 3 aromatic heterocycles. The second-order valence-electron chi connectivity index (χ2n) is 8.61. The smallest absolute Gasteiger partial charge is 0.254 e. The summed E-state index contributed by atoms with van der Waals surface area (Å²) in [7, 11) is 0. The third kappa shape index (κ3) is 4.03. The Bertz CT molecular complexity index is 1490. The Morgan fingerprint density at radius 2 is 1.60 bits per heavy atom. The topological polar surface area (TPSA) is 80.3 Å². The summed E-state index contributed by atoms with van der Waals surface area (Å²) >= 11 is 0. The first-order valence-electron chi connectivity index (χ1n) is 11.6. The zero-order valence-corrected chi connectivity index (χ0v) is 19.3. The molecule has 1 saturated heterocycles. The number of carbonyl (C=O) groups is 1. The van der Waals surface area contributed by atoms with Gasteiger partial charge in [-0.3, -0.25) is 4.79 Å². The van der Waals surface area contributed by atoms with Crippen LogP contribution < -0.4 is 4.90 Å². The Labute approximate surface area is 202 Å². The van der Waals surface area contributed by atoms with Crippen LogP contribution in [0.15, 0.2) is 83.6 Å². The van der Waals surface area contributed by atoms with E-state index in [0.717, 1.165) is 33.9 Å². The maximum atomic E-state index is 13.3. The molecule has 0 saturated carbocycles. The summed E-state index contributed by atoms with van der Waals surface area (Å²) < 4.78 is 7.57. The molecule has 1 aliphatic rings. The summed E-state index contributed by atoms with van der Waals surface area (Å²) in [5.74, 6) is 3.14. The van der Waals surface area contributed by atoms with Crippen LogP contribution in [-0.2, 0) is 0 Å². The van der Waals surface area contributed by atoms with Crippen molar-refractivity contribution in [3.63, 3.8) is 0 Å². The molecule has 0 N–H and O–H groups in total. The third-order valence-corrected chi connectivity index (χ3v) is 6.33. The van der Waals surface area contributed by atoms with E-state index in [-0.39, 0.29) is 5.91 Å². The van der Waals surface area contributed by atoms with Gasteiger partial charge in [0, 0.05) is 55.8 Å². The van der Waals surface area contributed by atoms with Crippen molar-refractivity contribution in [2.75, 3.05) is 31.1 Å². The molecular formula is C27H24N6O2. The molecule has 1 aliphatic heterocycles. The van der Waals surface area contributed by atoms with Crippen LogP contribution >= 0.6 is 0 Å². The van der Waals surface area contributed by atoms with Crippen LogP contribution in [-0.4, -0.2) is 56.7 Å². The zero-order chi connectivity index (χ0) is 23.8. The van der Waals surface area contributed by atoms with Crippen molar-refractivity contribution in [1.29, 1.82) is 0 Å². The fourth-order valence-electron chi connectivity index (χ4n) is 4.51. The summed E-state index contributed by atoms with van der Waals surface area (Å²) in [5, 5.41) is 5.01. The second-order valence-corrected chi connectivity index (χ2v) is 8.61. The lowest BCUT2D eigenvalue weighted by Gasteiger charge is -2.35. The van der Waals surface area contributed by atoms with E-state index >= 15 is 0 Å². The monoisotopic (exact) mass is 464 g/mol. The molecular weight excluding hydrogens is 440 g/mol. The van der Waals surface area contributed by atoms with E-state index in [1.165, 1.54) is 0 Å². The van der Waals surface area contributed by atoms with Crippen molar-refractivity contribution >= 4 is 22.6 Å². The predicted octanol–water partition coefficient (Wildman–Crippen LogP) is 4.35.